The molecule has 1 heterocycles. The van der Waals surface area contributed by atoms with Gasteiger partial charge in [0, 0.05) is 12.1 Å². The van der Waals surface area contributed by atoms with Crippen molar-refractivity contribution in [3.63, 3.8) is 0 Å². The van der Waals surface area contributed by atoms with E-state index in [1.54, 1.807) is 0 Å². The molecule has 0 saturated carbocycles. The lowest BCUT2D eigenvalue weighted by atomic mass is 10.1. The highest BCUT2D eigenvalue weighted by Crippen LogP contribution is 2.27. The van der Waals surface area contributed by atoms with E-state index in [9.17, 15) is 4.79 Å². The van der Waals surface area contributed by atoms with Crippen LogP contribution in [0.15, 0.2) is 72.8 Å². The van der Waals surface area contributed by atoms with Crippen LogP contribution in [-0.4, -0.2) is 17.4 Å². The van der Waals surface area contributed by atoms with Crippen LogP contribution < -0.4 is 0 Å². The molecule has 3 rings (SSSR count). The summed E-state index contributed by atoms with van der Waals surface area (Å²) < 4.78 is 0. The lowest BCUT2D eigenvalue weighted by Crippen LogP contribution is -2.31. The summed E-state index contributed by atoms with van der Waals surface area (Å²) in [5.74, 6) is 0.0828. The van der Waals surface area contributed by atoms with E-state index in [4.69, 9.17) is 0 Å². The third-order valence-corrected chi connectivity index (χ3v) is 3.38. The van der Waals surface area contributed by atoms with Crippen molar-refractivity contribution < 1.29 is 4.79 Å². The Hall–Kier alpha value is -2.35. The van der Waals surface area contributed by atoms with E-state index < -0.39 is 0 Å². The summed E-state index contributed by atoms with van der Waals surface area (Å²) in [6.45, 7) is 0.674. The van der Waals surface area contributed by atoms with Gasteiger partial charge >= 0.3 is 0 Å². The maximum absolute atomic E-state index is 12.5. The predicted molar refractivity (Wildman–Crippen MR) is 75.8 cm³/mol. The Bertz CT molecular complexity index is 589. The van der Waals surface area contributed by atoms with Crippen molar-refractivity contribution in [3.8, 4) is 0 Å². The lowest BCUT2D eigenvalue weighted by Gasteiger charge is -2.25. The van der Waals surface area contributed by atoms with E-state index in [0.29, 0.717) is 6.54 Å². The number of nitrogens with zero attached hydrogens (tertiary/aromatic N) is 1. The normalized spacial score (nSPS) is 17.7. The molecule has 0 saturated heterocycles. The van der Waals surface area contributed by atoms with Gasteiger partial charge in [0.15, 0.2) is 0 Å². The fourth-order valence-electron chi connectivity index (χ4n) is 2.42. The summed E-state index contributed by atoms with van der Waals surface area (Å²) in [7, 11) is 0. The second-order valence-electron chi connectivity index (χ2n) is 4.61. The molecule has 0 spiro atoms. The smallest absolute Gasteiger partial charge is 0.254 e. The number of benzene rings is 2. The molecule has 1 aliphatic rings. The molecule has 1 atom stereocenters. The third-order valence-electron chi connectivity index (χ3n) is 3.38. The summed E-state index contributed by atoms with van der Waals surface area (Å²) in [6.07, 6.45) is 4.15. The van der Waals surface area contributed by atoms with E-state index >= 15 is 0 Å². The highest BCUT2D eigenvalue weighted by Gasteiger charge is 2.26. The monoisotopic (exact) mass is 249 g/mol. The van der Waals surface area contributed by atoms with Crippen molar-refractivity contribution in [2.75, 3.05) is 6.54 Å². The zero-order chi connectivity index (χ0) is 13.1. The van der Waals surface area contributed by atoms with Crippen LogP contribution in [-0.2, 0) is 0 Å². The van der Waals surface area contributed by atoms with Crippen molar-refractivity contribution in [2.24, 2.45) is 0 Å². The largest absolute Gasteiger partial charge is 0.324 e. The summed E-state index contributed by atoms with van der Waals surface area (Å²) in [5.41, 5.74) is 1.90. The Morgan fingerprint density at radius 3 is 2.26 bits per heavy atom. The highest BCUT2D eigenvalue weighted by atomic mass is 16.2. The van der Waals surface area contributed by atoms with Crippen LogP contribution >= 0.6 is 0 Å². The van der Waals surface area contributed by atoms with Gasteiger partial charge in [-0.05, 0) is 17.7 Å². The molecule has 1 amide bonds. The Morgan fingerprint density at radius 1 is 0.947 bits per heavy atom. The maximum atomic E-state index is 12.5. The van der Waals surface area contributed by atoms with Crippen LogP contribution in [0.3, 0.4) is 0 Å². The zero-order valence-corrected chi connectivity index (χ0v) is 10.6. The first-order chi connectivity index (χ1) is 9.36. The van der Waals surface area contributed by atoms with Gasteiger partial charge in [0.05, 0.1) is 6.04 Å². The highest BCUT2D eigenvalue weighted by molar-refractivity contribution is 5.95. The summed E-state index contributed by atoms with van der Waals surface area (Å²) in [4.78, 5) is 14.4. The minimum absolute atomic E-state index is 0.0499. The molecular weight excluding hydrogens is 234 g/mol. The third kappa shape index (κ3) is 2.29. The number of carbonyl (C=O) groups is 1. The van der Waals surface area contributed by atoms with Crippen molar-refractivity contribution in [3.05, 3.63) is 83.9 Å². The molecule has 1 unspecified atom stereocenters. The fraction of sp³-hybridized carbons (Fsp3) is 0.118. The quantitative estimate of drug-likeness (QED) is 0.747. The molecule has 2 aromatic carbocycles. The molecule has 0 bridgehead atoms. The Morgan fingerprint density at radius 2 is 1.58 bits per heavy atom. The molecule has 0 aromatic heterocycles. The molecule has 19 heavy (non-hydrogen) atoms. The molecule has 94 valence electrons. The molecule has 0 fully saturated rings. The van der Waals surface area contributed by atoms with Crippen LogP contribution in [0, 0.1) is 0 Å². The van der Waals surface area contributed by atoms with Gasteiger partial charge in [-0.1, -0.05) is 60.7 Å². The number of hydrogen-bond acceptors (Lipinski definition) is 1. The lowest BCUT2D eigenvalue weighted by molar-refractivity contribution is 0.0749. The molecule has 1 aliphatic heterocycles. The van der Waals surface area contributed by atoms with Gasteiger partial charge in [-0.3, -0.25) is 4.79 Å². The van der Waals surface area contributed by atoms with Crippen LogP contribution in [0.2, 0.25) is 0 Å². The number of carbonyl (C=O) groups excluding carboxylic acids is 1. The SMILES string of the molecule is O=C(c1ccccc1)N1CC=CC1c1ccccc1. The molecular formula is C17H15NO. The Labute approximate surface area is 113 Å². The van der Waals surface area contributed by atoms with Crippen molar-refractivity contribution in [2.45, 2.75) is 6.04 Å². The summed E-state index contributed by atoms with van der Waals surface area (Å²) >= 11 is 0. The molecule has 0 N–H and O–H groups in total. The minimum Gasteiger partial charge on any atom is -0.324 e. The topological polar surface area (TPSA) is 20.3 Å². The molecule has 2 aromatic rings. The van der Waals surface area contributed by atoms with Crippen molar-refractivity contribution in [1.82, 2.24) is 4.90 Å². The second kappa shape index (κ2) is 5.11. The summed E-state index contributed by atoms with van der Waals surface area (Å²) in [6, 6.07) is 19.6. The fourth-order valence-corrected chi connectivity index (χ4v) is 2.42. The van der Waals surface area contributed by atoms with E-state index in [1.165, 1.54) is 0 Å². The van der Waals surface area contributed by atoms with Crippen molar-refractivity contribution in [1.29, 1.82) is 0 Å². The molecule has 0 radical (unpaired) electrons. The standard InChI is InChI=1S/C17H15NO/c19-17(15-10-5-2-6-11-15)18-13-7-12-16(18)14-8-3-1-4-9-14/h1-12,16H,13H2. The molecule has 2 heteroatoms. The average molecular weight is 249 g/mol. The van der Waals surface area contributed by atoms with Crippen LogP contribution in [0.1, 0.15) is 22.0 Å². The number of rotatable bonds is 2. The first-order valence-corrected chi connectivity index (χ1v) is 6.44. The predicted octanol–water partition coefficient (Wildman–Crippen LogP) is 3.44. The maximum Gasteiger partial charge on any atom is 0.254 e. The molecule has 2 nitrogen and oxygen atoms in total. The van der Waals surface area contributed by atoms with Crippen molar-refractivity contribution >= 4 is 5.91 Å². The van der Waals surface area contributed by atoms with Crippen LogP contribution in [0.25, 0.3) is 0 Å². The summed E-state index contributed by atoms with van der Waals surface area (Å²) in [5, 5.41) is 0. The zero-order valence-electron chi connectivity index (χ0n) is 10.6. The van der Waals surface area contributed by atoms with E-state index in [-0.39, 0.29) is 11.9 Å². The van der Waals surface area contributed by atoms with Gasteiger partial charge in [0.2, 0.25) is 0 Å². The molecule has 0 aliphatic carbocycles. The second-order valence-corrected chi connectivity index (χ2v) is 4.61. The van der Waals surface area contributed by atoms with Gasteiger partial charge in [-0.15, -0.1) is 0 Å². The van der Waals surface area contributed by atoms with Crippen LogP contribution in [0.4, 0.5) is 0 Å². The Kier molecular flexibility index (Phi) is 3.15. The first-order valence-electron chi connectivity index (χ1n) is 6.44. The van der Waals surface area contributed by atoms with E-state index in [1.807, 2.05) is 53.4 Å². The minimum atomic E-state index is 0.0499. The van der Waals surface area contributed by atoms with Crippen LogP contribution in [0.5, 0.6) is 0 Å². The van der Waals surface area contributed by atoms with Gasteiger partial charge in [0.25, 0.3) is 5.91 Å². The first kappa shape index (κ1) is 11.7. The van der Waals surface area contributed by atoms with Gasteiger partial charge in [-0.2, -0.15) is 0 Å². The van der Waals surface area contributed by atoms with Gasteiger partial charge < -0.3 is 4.90 Å². The average Bonchev–Trinajstić information content (AvgIpc) is 2.98. The number of amides is 1. The van der Waals surface area contributed by atoms with Gasteiger partial charge in [-0.25, -0.2) is 0 Å². The van der Waals surface area contributed by atoms with Gasteiger partial charge in [0.1, 0.15) is 0 Å². The van der Waals surface area contributed by atoms with E-state index in [2.05, 4.69) is 24.3 Å². The Balaban J connectivity index is 1.88. The number of hydrogen-bond donors (Lipinski definition) is 0. The van der Waals surface area contributed by atoms with E-state index in [0.717, 1.165) is 11.1 Å².